The van der Waals surface area contributed by atoms with E-state index in [1.807, 2.05) is 24.3 Å². The maximum absolute atomic E-state index is 12.6. The van der Waals surface area contributed by atoms with Gasteiger partial charge in [0, 0.05) is 18.6 Å². The molecule has 2 aliphatic heterocycles. The lowest BCUT2D eigenvalue weighted by atomic mass is 9.91. The molecule has 7 heteroatoms. The van der Waals surface area contributed by atoms with Gasteiger partial charge in [-0.15, -0.1) is 0 Å². The number of benzene rings is 2. The fourth-order valence-corrected chi connectivity index (χ4v) is 4.86. The Morgan fingerprint density at radius 1 is 1.17 bits per heavy atom. The SMILES string of the molecule is O=C1NC(C2(O)CC(OC(=O)c3ccccc3)CC(CCc3ccccc3)O2)CS1. The van der Waals surface area contributed by atoms with Crippen molar-refractivity contribution < 1.29 is 24.2 Å². The molecule has 0 radical (unpaired) electrons. The maximum atomic E-state index is 12.6. The average Bonchev–Trinajstić information content (AvgIpc) is 3.21. The summed E-state index contributed by atoms with van der Waals surface area (Å²) in [6.45, 7) is 0. The zero-order valence-electron chi connectivity index (χ0n) is 16.5. The van der Waals surface area contributed by atoms with E-state index in [2.05, 4.69) is 17.4 Å². The lowest BCUT2D eigenvalue weighted by molar-refractivity contribution is -0.281. The van der Waals surface area contributed by atoms with Gasteiger partial charge in [-0.1, -0.05) is 60.3 Å². The van der Waals surface area contributed by atoms with Crippen LogP contribution in [0.2, 0.25) is 0 Å². The summed E-state index contributed by atoms with van der Waals surface area (Å²) < 4.78 is 11.8. The molecule has 2 N–H and O–H groups in total. The summed E-state index contributed by atoms with van der Waals surface area (Å²) in [6.07, 6.45) is 1.30. The summed E-state index contributed by atoms with van der Waals surface area (Å²) in [6, 6.07) is 18.3. The van der Waals surface area contributed by atoms with Crippen molar-refractivity contribution in [1.29, 1.82) is 0 Å². The fraction of sp³-hybridized carbons (Fsp3) is 0.391. The third-order valence-electron chi connectivity index (χ3n) is 5.52. The molecule has 2 aromatic rings. The van der Waals surface area contributed by atoms with Gasteiger partial charge in [0.25, 0.3) is 5.24 Å². The molecule has 1 amide bonds. The quantitative estimate of drug-likeness (QED) is 0.686. The highest BCUT2D eigenvalue weighted by Crippen LogP contribution is 2.36. The van der Waals surface area contributed by atoms with Crippen LogP contribution in [0, 0.1) is 0 Å². The first-order valence-electron chi connectivity index (χ1n) is 10.2. The van der Waals surface area contributed by atoms with E-state index >= 15 is 0 Å². The summed E-state index contributed by atoms with van der Waals surface area (Å²) in [7, 11) is 0. The smallest absolute Gasteiger partial charge is 0.338 e. The van der Waals surface area contributed by atoms with Crippen molar-refractivity contribution in [3.63, 3.8) is 0 Å². The number of hydrogen-bond donors (Lipinski definition) is 2. The van der Waals surface area contributed by atoms with Crippen LogP contribution in [0.5, 0.6) is 0 Å². The first kappa shape index (κ1) is 20.9. The molecule has 2 heterocycles. The van der Waals surface area contributed by atoms with E-state index in [9.17, 15) is 14.7 Å². The summed E-state index contributed by atoms with van der Waals surface area (Å²) in [5.74, 6) is -1.57. The third-order valence-corrected chi connectivity index (χ3v) is 6.40. The molecule has 2 fully saturated rings. The van der Waals surface area contributed by atoms with Gasteiger partial charge in [0.05, 0.1) is 17.7 Å². The second kappa shape index (κ2) is 9.20. The van der Waals surface area contributed by atoms with Crippen LogP contribution in [0.4, 0.5) is 4.79 Å². The molecule has 2 aromatic carbocycles. The molecule has 0 saturated carbocycles. The van der Waals surface area contributed by atoms with E-state index in [0.717, 1.165) is 18.2 Å². The number of ether oxygens (including phenoxy) is 2. The molecule has 4 unspecified atom stereocenters. The summed E-state index contributed by atoms with van der Waals surface area (Å²) >= 11 is 1.12. The van der Waals surface area contributed by atoms with Crippen LogP contribution in [0.3, 0.4) is 0 Å². The Morgan fingerprint density at radius 3 is 2.53 bits per heavy atom. The maximum Gasteiger partial charge on any atom is 0.338 e. The largest absolute Gasteiger partial charge is 0.458 e. The Labute approximate surface area is 180 Å². The van der Waals surface area contributed by atoms with Gasteiger partial charge in [-0.2, -0.15) is 0 Å². The number of aliphatic hydroxyl groups is 1. The first-order valence-corrected chi connectivity index (χ1v) is 11.1. The van der Waals surface area contributed by atoms with Crippen LogP contribution in [-0.4, -0.2) is 46.1 Å². The third kappa shape index (κ3) is 5.03. The van der Waals surface area contributed by atoms with Crippen LogP contribution in [0.15, 0.2) is 60.7 Å². The van der Waals surface area contributed by atoms with Gasteiger partial charge in [0.15, 0.2) is 5.79 Å². The lowest BCUT2D eigenvalue weighted by Gasteiger charge is -2.43. The van der Waals surface area contributed by atoms with E-state index in [-0.39, 0.29) is 17.8 Å². The molecule has 2 saturated heterocycles. The second-order valence-electron chi connectivity index (χ2n) is 7.74. The Kier molecular flexibility index (Phi) is 6.41. The van der Waals surface area contributed by atoms with Crippen molar-refractivity contribution in [2.75, 3.05) is 5.75 Å². The standard InChI is InChI=1S/C23H25NO5S/c25-21(17-9-5-2-6-10-17)28-19-13-18(12-11-16-7-3-1-4-8-16)29-23(27,14-19)20-15-30-22(26)24-20/h1-10,18-20,27H,11-15H2,(H,24,26). The number of aryl methyl sites for hydroxylation is 1. The van der Waals surface area contributed by atoms with E-state index in [4.69, 9.17) is 9.47 Å². The molecule has 0 aromatic heterocycles. The molecular formula is C23H25NO5S. The van der Waals surface area contributed by atoms with Crippen molar-refractivity contribution >= 4 is 23.0 Å². The highest BCUT2D eigenvalue weighted by molar-refractivity contribution is 8.14. The molecule has 30 heavy (non-hydrogen) atoms. The number of esters is 1. The number of rotatable bonds is 6. The van der Waals surface area contributed by atoms with E-state index in [1.54, 1.807) is 24.3 Å². The Balaban J connectivity index is 1.47. The molecule has 0 aliphatic carbocycles. The van der Waals surface area contributed by atoms with Crippen LogP contribution in [-0.2, 0) is 15.9 Å². The number of thioether (sulfide) groups is 1. The van der Waals surface area contributed by atoms with Crippen LogP contribution < -0.4 is 5.32 Å². The van der Waals surface area contributed by atoms with Gasteiger partial charge in [0.2, 0.25) is 0 Å². The molecule has 0 spiro atoms. The summed E-state index contributed by atoms with van der Waals surface area (Å²) in [4.78, 5) is 24.2. The van der Waals surface area contributed by atoms with Crippen molar-refractivity contribution in [2.24, 2.45) is 0 Å². The molecule has 2 aliphatic rings. The first-order chi connectivity index (χ1) is 14.5. The van der Waals surface area contributed by atoms with Gasteiger partial charge in [0.1, 0.15) is 6.10 Å². The fourth-order valence-electron chi connectivity index (χ4n) is 3.97. The van der Waals surface area contributed by atoms with Crippen molar-refractivity contribution in [1.82, 2.24) is 5.32 Å². The topological polar surface area (TPSA) is 84.9 Å². The molecule has 0 bridgehead atoms. The number of amides is 1. The molecule has 4 atom stereocenters. The monoisotopic (exact) mass is 427 g/mol. The van der Waals surface area contributed by atoms with E-state index < -0.39 is 23.9 Å². The van der Waals surface area contributed by atoms with Crippen molar-refractivity contribution in [3.05, 3.63) is 71.8 Å². The Hall–Kier alpha value is -2.35. The Morgan fingerprint density at radius 2 is 1.87 bits per heavy atom. The second-order valence-corrected chi connectivity index (χ2v) is 8.73. The number of hydrogen-bond acceptors (Lipinski definition) is 6. The number of carbonyl (C=O) groups excluding carboxylic acids is 2. The zero-order valence-corrected chi connectivity index (χ0v) is 17.3. The summed E-state index contributed by atoms with van der Waals surface area (Å²) in [5, 5.41) is 13.9. The predicted octanol–water partition coefficient (Wildman–Crippen LogP) is 3.54. The van der Waals surface area contributed by atoms with Gasteiger partial charge >= 0.3 is 5.97 Å². The van der Waals surface area contributed by atoms with E-state index in [0.29, 0.717) is 24.2 Å². The molecular weight excluding hydrogens is 402 g/mol. The summed E-state index contributed by atoms with van der Waals surface area (Å²) in [5.41, 5.74) is 1.65. The van der Waals surface area contributed by atoms with Gasteiger partial charge in [-0.3, -0.25) is 4.79 Å². The average molecular weight is 428 g/mol. The Bertz CT molecular complexity index is 878. The minimum Gasteiger partial charge on any atom is -0.458 e. The highest BCUT2D eigenvalue weighted by Gasteiger charge is 2.49. The number of nitrogens with one attached hydrogen (secondary N) is 1. The van der Waals surface area contributed by atoms with Crippen molar-refractivity contribution in [2.45, 2.75) is 49.7 Å². The predicted molar refractivity (Wildman–Crippen MR) is 114 cm³/mol. The van der Waals surface area contributed by atoms with Gasteiger partial charge in [-0.25, -0.2) is 4.79 Å². The minimum atomic E-state index is -1.57. The molecule has 6 nitrogen and oxygen atoms in total. The van der Waals surface area contributed by atoms with Gasteiger partial charge in [-0.05, 0) is 30.5 Å². The van der Waals surface area contributed by atoms with Crippen molar-refractivity contribution in [3.8, 4) is 0 Å². The van der Waals surface area contributed by atoms with Crippen LogP contribution in [0.25, 0.3) is 0 Å². The molecule has 4 rings (SSSR count). The molecule has 158 valence electrons. The zero-order chi connectivity index (χ0) is 21.0. The normalized spacial score (nSPS) is 28.7. The van der Waals surface area contributed by atoms with Crippen LogP contribution >= 0.6 is 11.8 Å². The lowest BCUT2D eigenvalue weighted by Crippen LogP contribution is -2.58. The minimum absolute atomic E-state index is 0.124. The van der Waals surface area contributed by atoms with Gasteiger partial charge < -0.3 is 19.9 Å². The number of carbonyl (C=O) groups is 2. The van der Waals surface area contributed by atoms with E-state index in [1.165, 1.54) is 5.56 Å². The van der Waals surface area contributed by atoms with Crippen LogP contribution in [0.1, 0.15) is 35.2 Å². The highest BCUT2D eigenvalue weighted by atomic mass is 32.2.